The maximum atomic E-state index is 12.1. The van der Waals surface area contributed by atoms with Crippen LogP contribution in [0.25, 0.3) is 0 Å². The predicted octanol–water partition coefficient (Wildman–Crippen LogP) is 3.85. The third-order valence-electron chi connectivity index (χ3n) is 5.56. The van der Waals surface area contributed by atoms with Gasteiger partial charge in [-0.3, -0.25) is 9.59 Å². The molecule has 7 nitrogen and oxygen atoms in total. The van der Waals surface area contributed by atoms with Crippen molar-refractivity contribution in [3.63, 3.8) is 0 Å². The maximum Gasteiger partial charge on any atom is 0.254 e. The molecule has 0 aliphatic heterocycles. The van der Waals surface area contributed by atoms with Crippen LogP contribution < -0.4 is 16.0 Å². The van der Waals surface area contributed by atoms with Crippen LogP contribution in [-0.2, 0) is 11.2 Å². The number of nitrogens with one attached hydrogen (secondary N) is 1. The Bertz CT molecular complexity index is 1130. The monoisotopic (exact) mass is 429 g/mol. The Balaban J connectivity index is 1.58. The molecule has 164 valence electrons. The van der Waals surface area contributed by atoms with Gasteiger partial charge in [-0.2, -0.15) is 0 Å². The van der Waals surface area contributed by atoms with E-state index in [9.17, 15) is 9.59 Å². The lowest BCUT2D eigenvalue weighted by atomic mass is 10.1. The van der Waals surface area contributed by atoms with Gasteiger partial charge in [-0.25, -0.2) is 9.97 Å². The zero-order valence-electron chi connectivity index (χ0n) is 18.3. The Morgan fingerprint density at radius 3 is 2.56 bits per heavy atom. The zero-order valence-corrected chi connectivity index (χ0v) is 18.3. The number of carbonyl (C=O) groups is 2. The molecule has 1 fully saturated rings. The average Bonchev–Trinajstić information content (AvgIpc) is 3.59. The minimum Gasteiger partial charge on any atom is -0.365 e. The molecule has 7 heteroatoms. The summed E-state index contributed by atoms with van der Waals surface area (Å²) in [7, 11) is 0. The molecule has 1 aliphatic rings. The number of aromatic nitrogens is 2. The largest absolute Gasteiger partial charge is 0.365 e. The summed E-state index contributed by atoms with van der Waals surface area (Å²) in [5.74, 6) is 0.449. The normalized spacial score (nSPS) is 13.9. The first-order valence-corrected chi connectivity index (χ1v) is 10.8. The van der Waals surface area contributed by atoms with E-state index in [-0.39, 0.29) is 17.5 Å². The highest BCUT2D eigenvalue weighted by Gasteiger charge is 2.32. The summed E-state index contributed by atoms with van der Waals surface area (Å²) in [5.41, 5.74) is 8.75. The molecule has 0 unspecified atom stereocenters. The van der Waals surface area contributed by atoms with Crippen LogP contribution in [0.2, 0.25) is 0 Å². The van der Waals surface area contributed by atoms with Crippen LogP contribution in [-0.4, -0.2) is 27.8 Å². The van der Waals surface area contributed by atoms with Crippen molar-refractivity contribution in [2.24, 2.45) is 5.73 Å². The van der Waals surface area contributed by atoms with E-state index in [0.29, 0.717) is 24.1 Å². The van der Waals surface area contributed by atoms with E-state index in [1.807, 2.05) is 66.4 Å². The van der Waals surface area contributed by atoms with E-state index in [0.717, 1.165) is 29.7 Å². The number of hydrogen-bond donors (Lipinski definition) is 2. The molecule has 0 bridgehead atoms. The number of nitrogens with zero attached hydrogens (tertiary/aromatic N) is 3. The summed E-state index contributed by atoms with van der Waals surface area (Å²) >= 11 is 0. The molecule has 32 heavy (non-hydrogen) atoms. The second-order valence-electron chi connectivity index (χ2n) is 8.16. The number of hydrogen-bond acceptors (Lipinski definition) is 5. The van der Waals surface area contributed by atoms with E-state index >= 15 is 0 Å². The Kier molecular flexibility index (Phi) is 6.16. The SMILES string of the molecule is CC(=O)N(c1cccc(Cc2ncc(C(N)=O)c(N[C@H](C)c3ccccc3)n2)c1)C1CC1. The van der Waals surface area contributed by atoms with Crippen molar-refractivity contribution in [3.8, 4) is 0 Å². The van der Waals surface area contributed by atoms with Gasteiger partial charge >= 0.3 is 0 Å². The standard InChI is InChI=1S/C25H27N5O2/c1-16(19-8-4-3-5-9-19)28-25-22(24(26)32)15-27-23(29-25)14-18-7-6-10-21(13-18)30(17(2)31)20-11-12-20/h3-10,13,15-16,20H,11-12,14H2,1-2H3,(H2,26,32)(H,27,28,29)/t16-/m1/s1. The Labute approximate surface area is 187 Å². The van der Waals surface area contributed by atoms with Gasteiger partial charge in [0.15, 0.2) is 0 Å². The predicted molar refractivity (Wildman–Crippen MR) is 124 cm³/mol. The molecule has 3 N–H and O–H groups in total. The van der Waals surface area contributed by atoms with E-state index in [4.69, 9.17) is 5.73 Å². The van der Waals surface area contributed by atoms with Gasteiger partial charge in [-0.15, -0.1) is 0 Å². The quantitative estimate of drug-likeness (QED) is 0.566. The highest BCUT2D eigenvalue weighted by molar-refractivity contribution is 5.97. The molecule has 0 spiro atoms. The molecule has 2 aromatic carbocycles. The van der Waals surface area contributed by atoms with E-state index in [1.54, 1.807) is 6.92 Å². The fourth-order valence-electron chi connectivity index (χ4n) is 3.81. The molecule has 3 aromatic rings. The van der Waals surface area contributed by atoms with Crippen molar-refractivity contribution in [2.45, 2.75) is 45.2 Å². The van der Waals surface area contributed by atoms with Crippen LogP contribution in [0.5, 0.6) is 0 Å². The minimum absolute atomic E-state index is 0.0492. The molecular formula is C25H27N5O2. The molecule has 2 amide bonds. The molecular weight excluding hydrogens is 402 g/mol. The second kappa shape index (κ2) is 9.18. The summed E-state index contributed by atoms with van der Waals surface area (Å²) in [6, 6.07) is 18.0. The molecule has 4 rings (SSSR count). The molecule has 1 saturated carbocycles. The Hall–Kier alpha value is -3.74. The van der Waals surface area contributed by atoms with Crippen molar-refractivity contribution >= 4 is 23.3 Å². The van der Waals surface area contributed by atoms with Crippen LogP contribution in [0.4, 0.5) is 11.5 Å². The van der Waals surface area contributed by atoms with Crippen molar-refractivity contribution in [3.05, 3.63) is 83.3 Å². The lowest BCUT2D eigenvalue weighted by Crippen LogP contribution is -2.30. The second-order valence-corrected chi connectivity index (χ2v) is 8.16. The fraction of sp³-hybridized carbons (Fsp3) is 0.280. The van der Waals surface area contributed by atoms with E-state index < -0.39 is 5.91 Å². The van der Waals surface area contributed by atoms with Crippen LogP contribution in [0.3, 0.4) is 0 Å². The first kappa shape index (κ1) is 21.5. The third-order valence-corrected chi connectivity index (χ3v) is 5.56. The number of carbonyl (C=O) groups excluding carboxylic acids is 2. The van der Waals surface area contributed by atoms with Crippen molar-refractivity contribution < 1.29 is 9.59 Å². The lowest BCUT2D eigenvalue weighted by molar-refractivity contribution is -0.116. The summed E-state index contributed by atoms with van der Waals surface area (Å²) in [6.07, 6.45) is 4.02. The van der Waals surface area contributed by atoms with Crippen LogP contribution in [0.15, 0.2) is 60.8 Å². The number of rotatable bonds is 8. The maximum absolute atomic E-state index is 12.1. The van der Waals surface area contributed by atoms with Gasteiger partial charge in [-0.05, 0) is 43.0 Å². The molecule has 0 radical (unpaired) electrons. The summed E-state index contributed by atoms with van der Waals surface area (Å²) in [6.45, 7) is 3.60. The molecule has 1 heterocycles. The first-order valence-electron chi connectivity index (χ1n) is 10.8. The summed E-state index contributed by atoms with van der Waals surface area (Å²) < 4.78 is 0. The van der Waals surface area contributed by atoms with Gasteiger partial charge in [0.25, 0.3) is 5.91 Å². The zero-order chi connectivity index (χ0) is 22.7. The fourth-order valence-corrected chi connectivity index (χ4v) is 3.81. The average molecular weight is 430 g/mol. The van der Waals surface area contributed by atoms with Gasteiger partial charge in [0.2, 0.25) is 5.91 Å². The highest BCUT2D eigenvalue weighted by Crippen LogP contribution is 2.32. The van der Waals surface area contributed by atoms with E-state index in [2.05, 4.69) is 15.3 Å². The third kappa shape index (κ3) is 4.94. The van der Waals surface area contributed by atoms with Gasteiger partial charge in [-0.1, -0.05) is 42.5 Å². The number of nitrogens with two attached hydrogens (primary N) is 1. The van der Waals surface area contributed by atoms with Gasteiger partial charge < -0.3 is 16.0 Å². The van der Waals surface area contributed by atoms with Crippen molar-refractivity contribution in [1.29, 1.82) is 0 Å². The molecule has 1 aliphatic carbocycles. The van der Waals surface area contributed by atoms with Crippen molar-refractivity contribution in [2.75, 3.05) is 10.2 Å². The Morgan fingerprint density at radius 1 is 1.16 bits per heavy atom. The smallest absolute Gasteiger partial charge is 0.254 e. The topological polar surface area (TPSA) is 101 Å². The molecule has 1 atom stereocenters. The number of anilines is 2. The van der Waals surface area contributed by atoms with Gasteiger partial charge in [0.05, 0.1) is 5.56 Å². The van der Waals surface area contributed by atoms with Crippen LogP contribution >= 0.6 is 0 Å². The molecule has 0 saturated heterocycles. The lowest BCUT2D eigenvalue weighted by Gasteiger charge is -2.21. The highest BCUT2D eigenvalue weighted by atomic mass is 16.2. The van der Waals surface area contributed by atoms with Gasteiger partial charge in [0.1, 0.15) is 11.6 Å². The molecule has 1 aromatic heterocycles. The van der Waals surface area contributed by atoms with Crippen LogP contribution in [0.1, 0.15) is 60.0 Å². The minimum atomic E-state index is -0.581. The summed E-state index contributed by atoms with van der Waals surface area (Å²) in [5, 5.41) is 3.30. The van der Waals surface area contributed by atoms with E-state index in [1.165, 1.54) is 6.20 Å². The van der Waals surface area contributed by atoms with Gasteiger partial charge in [0, 0.05) is 37.3 Å². The van der Waals surface area contributed by atoms with Crippen molar-refractivity contribution in [1.82, 2.24) is 9.97 Å². The number of amides is 2. The first-order chi connectivity index (χ1) is 15.4. The number of benzene rings is 2. The summed E-state index contributed by atoms with van der Waals surface area (Å²) in [4.78, 5) is 34.9. The number of primary amides is 1. The van der Waals surface area contributed by atoms with Crippen LogP contribution in [0, 0.1) is 0 Å². The Morgan fingerprint density at radius 2 is 1.91 bits per heavy atom.